The van der Waals surface area contributed by atoms with Crippen molar-refractivity contribution in [2.75, 3.05) is 6.61 Å². The average molecular weight is 178 g/mol. The van der Waals surface area contributed by atoms with Crippen molar-refractivity contribution in [2.45, 2.75) is 12.8 Å². The van der Waals surface area contributed by atoms with E-state index in [1.165, 1.54) is 0 Å². The second-order valence-electron chi connectivity index (χ2n) is 2.85. The molecule has 4 heteroatoms. The fourth-order valence-electron chi connectivity index (χ4n) is 1.42. The van der Waals surface area contributed by atoms with Gasteiger partial charge in [0.2, 0.25) is 0 Å². The van der Waals surface area contributed by atoms with Crippen LogP contribution in [0.1, 0.15) is 12.8 Å². The Morgan fingerprint density at radius 3 is 2.83 bits per heavy atom. The number of carbonyl (C=O) groups is 1. The van der Waals surface area contributed by atoms with Crippen LogP contribution < -0.4 is 34.7 Å². The van der Waals surface area contributed by atoms with Crippen LogP contribution in [0.2, 0.25) is 0 Å². The van der Waals surface area contributed by atoms with Crippen LogP contribution in [0, 0.1) is 11.8 Å². The van der Waals surface area contributed by atoms with E-state index >= 15 is 0 Å². The Morgan fingerprint density at radius 1 is 1.67 bits per heavy atom. The maximum Gasteiger partial charge on any atom is 1.00 e. The van der Waals surface area contributed by atoms with Crippen LogP contribution in [0.15, 0.2) is 12.2 Å². The molecule has 0 heterocycles. The van der Waals surface area contributed by atoms with E-state index in [-0.39, 0.29) is 54.4 Å². The fraction of sp³-hybridized carbons (Fsp3) is 0.625. The van der Waals surface area contributed by atoms with E-state index in [4.69, 9.17) is 5.11 Å². The summed E-state index contributed by atoms with van der Waals surface area (Å²) in [6, 6.07) is 0. The molecule has 0 amide bonds. The maximum atomic E-state index is 10.2. The molecule has 62 valence electrons. The second-order valence-corrected chi connectivity index (χ2v) is 2.85. The molecule has 0 fully saturated rings. The Morgan fingerprint density at radius 2 is 2.33 bits per heavy atom. The van der Waals surface area contributed by atoms with Crippen LogP contribution in [0.4, 0.5) is 0 Å². The molecule has 0 saturated carbocycles. The van der Waals surface area contributed by atoms with Crippen LogP contribution in [0.5, 0.6) is 0 Å². The Kier molecular flexibility index (Phi) is 5.84. The molecule has 0 bridgehead atoms. The first-order valence-corrected chi connectivity index (χ1v) is 3.71. The van der Waals surface area contributed by atoms with E-state index in [9.17, 15) is 9.90 Å². The number of aliphatic hydroxyl groups is 1. The van der Waals surface area contributed by atoms with E-state index in [2.05, 4.69) is 0 Å². The van der Waals surface area contributed by atoms with Gasteiger partial charge >= 0.3 is 29.6 Å². The van der Waals surface area contributed by atoms with E-state index in [1.54, 1.807) is 0 Å². The third-order valence-corrected chi connectivity index (χ3v) is 2.07. The number of hydrogen-bond donors (Lipinski definition) is 1. The molecule has 3 nitrogen and oxygen atoms in total. The van der Waals surface area contributed by atoms with E-state index in [1.807, 2.05) is 12.2 Å². The molecule has 1 rings (SSSR count). The zero-order valence-electron chi connectivity index (χ0n) is 7.19. The molecule has 12 heavy (non-hydrogen) atoms. The molecule has 0 aromatic carbocycles. The van der Waals surface area contributed by atoms with E-state index in [0.717, 1.165) is 6.42 Å². The SMILES string of the molecule is O=C([O-])CC1CC=CC1CO.[Na+]. The monoisotopic (exact) mass is 178 g/mol. The van der Waals surface area contributed by atoms with Crippen molar-refractivity contribution in [3.8, 4) is 0 Å². The molecule has 2 atom stereocenters. The van der Waals surface area contributed by atoms with Crippen LogP contribution in [-0.2, 0) is 4.79 Å². The maximum absolute atomic E-state index is 10.2. The summed E-state index contributed by atoms with van der Waals surface area (Å²) in [5, 5.41) is 19.0. The molecular weight excluding hydrogens is 167 g/mol. The molecule has 1 N–H and O–H groups in total. The summed E-state index contributed by atoms with van der Waals surface area (Å²) < 4.78 is 0. The number of allylic oxidation sites excluding steroid dienone is 1. The molecule has 1 aliphatic carbocycles. The van der Waals surface area contributed by atoms with Gasteiger partial charge in [0.15, 0.2) is 0 Å². The van der Waals surface area contributed by atoms with Gasteiger partial charge in [0, 0.05) is 18.5 Å². The molecule has 1 aliphatic rings. The number of carboxylic acids is 1. The summed E-state index contributed by atoms with van der Waals surface area (Å²) in [4.78, 5) is 10.2. The molecule has 0 spiro atoms. The summed E-state index contributed by atoms with van der Waals surface area (Å²) in [5.74, 6) is -0.963. The van der Waals surface area contributed by atoms with Crippen LogP contribution >= 0.6 is 0 Å². The summed E-state index contributed by atoms with van der Waals surface area (Å²) in [6.45, 7) is 0.0362. The second kappa shape index (κ2) is 5.75. The smallest absolute Gasteiger partial charge is 0.550 e. The summed E-state index contributed by atoms with van der Waals surface area (Å²) in [6.07, 6.45) is 4.58. The van der Waals surface area contributed by atoms with Gasteiger partial charge in [-0.05, 0) is 18.8 Å². The third-order valence-electron chi connectivity index (χ3n) is 2.07. The van der Waals surface area contributed by atoms with Crippen molar-refractivity contribution in [1.82, 2.24) is 0 Å². The first kappa shape index (κ1) is 12.2. The molecule has 0 saturated heterocycles. The Hall–Kier alpha value is 0.170. The number of aliphatic hydroxyl groups excluding tert-OH is 1. The van der Waals surface area contributed by atoms with Gasteiger partial charge in [-0.15, -0.1) is 0 Å². The van der Waals surface area contributed by atoms with Crippen LogP contribution in [0.25, 0.3) is 0 Å². The first-order valence-electron chi connectivity index (χ1n) is 3.71. The van der Waals surface area contributed by atoms with E-state index in [0.29, 0.717) is 0 Å². The number of rotatable bonds is 3. The zero-order chi connectivity index (χ0) is 8.27. The molecule has 0 aromatic rings. The topological polar surface area (TPSA) is 60.4 Å². The number of carbonyl (C=O) groups excluding carboxylic acids is 1. The van der Waals surface area contributed by atoms with Gasteiger partial charge in [0.25, 0.3) is 0 Å². The summed E-state index contributed by atoms with van der Waals surface area (Å²) in [5.41, 5.74) is 0. The third kappa shape index (κ3) is 3.27. The standard InChI is InChI=1S/C8H12O3.Na/c9-5-7-3-1-2-6(7)4-8(10)11;/h1,3,6-7,9H,2,4-5H2,(H,10,11);/q;+1/p-1. The van der Waals surface area contributed by atoms with Crippen molar-refractivity contribution in [1.29, 1.82) is 0 Å². The number of aliphatic carboxylic acids is 1. The van der Waals surface area contributed by atoms with Gasteiger partial charge in [0.1, 0.15) is 0 Å². The van der Waals surface area contributed by atoms with Crippen molar-refractivity contribution >= 4 is 5.97 Å². The first-order chi connectivity index (χ1) is 5.24. The molecule has 0 aromatic heterocycles. The molecule has 0 aliphatic heterocycles. The predicted octanol–water partition coefficient (Wildman–Crippen LogP) is -3.68. The average Bonchev–Trinajstić information content (AvgIpc) is 2.34. The van der Waals surface area contributed by atoms with Crippen LogP contribution in [0.3, 0.4) is 0 Å². The largest absolute Gasteiger partial charge is 1.00 e. The van der Waals surface area contributed by atoms with E-state index < -0.39 is 5.97 Å². The van der Waals surface area contributed by atoms with Gasteiger partial charge in [-0.25, -0.2) is 0 Å². The van der Waals surface area contributed by atoms with Crippen molar-refractivity contribution in [3.05, 3.63) is 12.2 Å². The van der Waals surface area contributed by atoms with Crippen molar-refractivity contribution in [2.24, 2.45) is 11.8 Å². The van der Waals surface area contributed by atoms with Gasteiger partial charge in [-0.2, -0.15) is 0 Å². The Labute approximate surface area is 93.8 Å². The van der Waals surface area contributed by atoms with Gasteiger partial charge in [0.05, 0.1) is 0 Å². The van der Waals surface area contributed by atoms with Gasteiger partial charge in [-0.3, -0.25) is 0 Å². The molecule has 2 unspecified atom stereocenters. The van der Waals surface area contributed by atoms with Gasteiger partial charge in [-0.1, -0.05) is 12.2 Å². The van der Waals surface area contributed by atoms with Crippen molar-refractivity contribution in [3.63, 3.8) is 0 Å². The van der Waals surface area contributed by atoms with Gasteiger partial charge < -0.3 is 15.0 Å². The quantitative estimate of drug-likeness (QED) is 0.357. The normalized spacial score (nSPS) is 26.8. The minimum Gasteiger partial charge on any atom is -0.550 e. The molecule has 0 radical (unpaired) electrons. The number of hydrogen-bond acceptors (Lipinski definition) is 3. The summed E-state index contributed by atoms with van der Waals surface area (Å²) in [7, 11) is 0. The zero-order valence-corrected chi connectivity index (χ0v) is 9.19. The number of carboxylic acid groups (broad SMARTS) is 1. The predicted molar refractivity (Wildman–Crippen MR) is 37.4 cm³/mol. The molecular formula is C8H11NaO3. The van der Waals surface area contributed by atoms with Crippen LogP contribution in [-0.4, -0.2) is 17.7 Å². The fourth-order valence-corrected chi connectivity index (χ4v) is 1.42. The Balaban J connectivity index is 0.00000121. The minimum absolute atomic E-state index is 0. The summed E-state index contributed by atoms with van der Waals surface area (Å²) >= 11 is 0. The minimum atomic E-state index is -1.03. The Bertz CT molecular complexity index is 179. The van der Waals surface area contributed by atoms with Crippen molar-refractivity contribution < 1.29 is 44.6 Å².